The van der Waals surface area contributed by atoms with Gasteiger partial charge in [0.05, 0.1) is 6.54 Å². The molecule has 3 aromatic rings. The highest BCUT2D eigenvalue weighted by Crippen LogP contribution is 2.24. The van der Waals surface area contributed by atoms with Gasteiger partial charge in [0.1, 0.15) is 23.4 Å². The van der Waals surface area contributed by atoms with Crippen molar-refractivity contribution in [3.05, 3.63) is 83.9 Å². The molecule has 0 saturated heterocycles. The molecule has 0 spiro atoms. The minimum absolute atomic E-state index is 0.0649. The van der Waals surface area contributed by atoms with Gasteiger partial charge in [-0.15, -0.1) is 0 Å². The molecule has 134 valence electrons. The zero-order chi connectivity index (χ0) is 18.4. The molecule has 0 amide bonds. The number of anilines is 1. The van der Waals surface area contributed by atoms with E-state index in [-0.39, 0.29) is 6.10 Å². The molecule has 26 heavy (non-hydrogen) atoms. The van der Waals surface area contributed by atoms with Gasteiger partial charge in [0.2, 0.25) is 0 Å². The van der Waals surface area contributed by atoms with Gasteiger partial charge < -0.3 is 14.8 Å². The van der Waals surface area contributed by atoms with Crippen molar-refractivity contribution in [1.29, 1.82) is 0 Å². The van der Waals surface area contributed by atoms with Crippen LogP contribution in [0.15, 0.2) is 72.8 Å². The van der Waals surface area contributed by atoms with Gasteiger partial charge in [0.15, 0.2) is 0 Å². The molecule has 0 aliphatic heterocycles. The summed E-state index contributed by atoms with van der Waals surface area (Å²) in [4.78, 5) is 0. The van der Waals surface area contributed by atoms with E-state index in [9.17, 15) is 0 Å². The van der Waals surface area contributed by atoms with Crippen LogP contribution >= 0.6 is 0 Å². The zero-order valence-corrected chi connectivity index (χ0v) is 15.5. The summed E-state index contributed by atoms with van der Waals surface area (Å²) in [6.07, 6.45) is 0.0649. The lowest BCUT2D eigenvalue weighted by atomic mass is 10.1. The zero-order valence-electron chi connectivity index (χ0n) is 15.5. The Morgan fingerprint density at radius 1 is 0.769 bits per heavy atom. The van der Waals surface area contributed by atoms with Gasteiger partial charge in [-0.3, -0.25) is 0 Å². The minimum Gasteiger partial charge on any atom is -0.488 e. The summed E-state index contributed by atoms with van der Waals surface area (Å²) in [5.41, 5.74) is 3.38. The van der Waals surface area contributed by atoms with Crippen LogP contribution in [0.25, 0.3) is 0 Å². The number of hydrogen-bond donors (Lipinski definition) is 1. The highest BCUT2D eigenvalue weighted by atomic mass is 16.5. The fraction of sp³-hybridized carbons (Fsp3) is 0.217. The van der Waals surface area contributed by atoms with Crippen molar-refractivity contribution in [1.82, 2.24) is 0 Å². The molecule has 1 N–H and O–H groups in total. The van der Waals surface area contributed by atoms with Crippen molar-refractivity contribution < 1.29 is 9.47 Å². The summed E-state index contributed by atoms with van der Waals surface area (Å²) in [6.45, 7) is 6.96. The van der Waals surface area contributed by atoms with Gasteiger partial charge >= 0.3 is 0 Å². The summed E-state index contributed by atoms with van der Waals surface area (Å²) in [7, 11) is 0. The Bertz CT molecular complexity index is 808. The number of nitrogens with one attached hydrogen (secondary N) is 1. The second-order valence-electron chi connectivity index (χ2n) is 6.47. The van der Waals surface area contributed by atoms with Crippen LogP contribution in [-0.4, -0.2) is 12.6 Å². The molecule has 0 radical (unpaired) electrons. The highest BCUT2D eigenvalue weighted by molar-refractivity contribution is 5.47. The molecule has 0 fully saturated rings. The molecular formula is C23H25NO2. The van der Waals surface area contributed by atoms with Crippen molar-refractivity contribution in [2.24, 2.45) is 0 Å². The molecule has 1 unspecified atom stereocenters. The van der Waals surface area contributed by atoms with Gasteiger partial charge in [-0.1, -0.05) is 36.4 Å². The molecule has 3 heteroatoms. The largest absolute Gasteiger partial charge is 0.488 e. The SMILES string of the molecule is Cc1cccc(C)c1OC(C)CNc1ccc(Oc2ccccc2)cc1. The molecule has 0 aliphatic carbocycles. The first kappa shape index (κ1) is 17.9. The van der Waals surface area contributed by atoms with E-state index in [4.69, 9.17) is 9.47 Å². The van der Waals surface area contributed by atoms with E-state index in [1.807, 2.05) is 54.6 Å². The van der Waals surface area contributed by atoms with Crippen molar-refractivity contribution in [3.8, 4) is 17.2 Å². The maximum atomic E-state index is 6.11. The number of benzene rings is 3. The lowest BCUT2D eigenvalue weighted by molar-refractivity contribution is 0.231. The third-order valence-electron chi connectivity index (χ3n) is 4.15. The van der Waals surface area contributed by atoms with Crippen LogP contribution in [0, 0.1) is 13.8 Å². The van der Waals surface area contributed by atoms with E-state index >= 15 is 0 Å². The first-order chi connectivity index (χ1) is 12.6. The van der Waals surface area contributed by atoms with Crippen LogP contribution in [0.5, 0.6) is 17.2 Å². The fourth-order valence-corrected chi connectivity index (χ4v) is 2.75. The van der Waals surface area contributed by atoms with Gasteiger partial charge in [0.25, 0.3) is 0 Å². The van der Waals surface area contributed by atoms with Crippen LogP contribution in [0.1, 0.15) is 18.1 Å². The molecule has 3 nitrogen and oxygen atoms in total. The van der Waals surface area contributed by atoms with Crippen LogP contribution in [0.4, 0.5) is 5.69 Å². The Morgan fingerprint density at radius 3 is 2.04 bits per heavy atom. The smallest absolute Gasteiger partial charge is 0.127 e. The number of hydrogen-bond acceptors (Lipinski definition) is 3. The van der Waals surface area contributed by atoms with E-state index in [0.717, 1.165) is 29.5 Å². The minimum atomic E-state index is 0.0649. The number of rotatable bonds is 7. The van der Waals surface area contributed by atoms with Crippen molar-refractivity contribution in [2.75, 3.05) is 11.9 Å². The second-order valence-corrected chi connectivity index (χ2v) is 6.47. The standard InChI is InChI=1S/C23H25NO2/c1-17-8-7-9-18(2)23(17)25-19(3)16-24-20-12-14-22(15-13-20)26-21-10-5-4-6-11-21/h4-15,19,24H,16H2,1-3H3. The molecular weight excluding hydrogens is 322 g/mol. The van der Waals surface area contributed by atoms with Gasteiger partial charge in [-0.25, -0.2) is 0 Å². The molecule has 0 aromatic heterocycles. The summed E-state index contributed by atoms with van der Waals surface area (Å²) in [6, 6.07) is 24.0. The maximum Gasteiger partial charge on any atom is 0.127 e. The predicted octanol–water partition coefficient (Wildman–Crippen LogP) is 5.98. The van der Waals surface area contributed by atoms with Gasteiger partial charge in [0, 0.05) is 5.69 Å². The Kier molecular flexibility index (Phi) is 5.80. The molecule has 0 saturated carbocycles. The Hall–Kier alpha value is -2.94. The monoisotopic (exact) mass is 347 g/mol. The molecule has 0 aliphatic rings. The maximum absolute atomic E-state index is 6.11. The second kappa shape index (κ2) is 8.43. The fourth-order valence-electron chi connectivity index (χ4n) is 2.75. The summed E-state index contributed by atoms with van der Waals surface area (Å²) < 4.78 is 11.9. The first-order valence-electron chi connectivity index (χ1n) is 8.91. The van der Waals surface area contributed by atoms with E-state index in [1.54, 1.807) is 0 Å². The van der Waals surface area contributed by atoms with Crippen molar-refractivity contribution >= 4 is 5.69 Å². The summed E-state index contributed by atoms with van der Waals surface area (Å²) >= 11 is 0. The third-order valence-corrected chi connectivity index (χ3v) is 4.15. The summed E-state index contributed by atoms with van der Waals surface area (Å²) in [5, 5.41) is 3.41. The predicted molar refractivity (Wildman–Crippen MR) is 107 cm³/mol. The Morgan fingerprint density at radius 2 is 1.38 bits per heavy atom. The molecule has 3 rings (SSSR count). The average Bonchev–Trinajstić information content (AvgIpc) is 2.65. The third kappa shape index (κ3) is 4.79. The normalized spacial score (nSPS) is 11.7. The highest BCUT2D eigenvalue weighted by Gasteiger charge is 2.09. The van der Waals surface area contributed by atoms with E-state index in [0.29, 0.717) is 0 Å². The van der Waals surface area contributed by atoms with Crippen molar-refractivity contribution in [3.63, 3.8) is 0 Å². The van der Waals surface area contributed by atoms with E-state index in [2.05, 4.69) is 44.3 Å². The van der Waals surface area contributed by atoms with Crippen LogP contribution in [0.3, 0.4) is 0 Å². The molecule has 0 heterocycles. The van der Waals surface area contributed by atoms with Crippen molar-refractivity contribution in [2.45, 2.75) is 26.9 Å². The topological polar surface area (TPSA) is 30.5 Å². The molecule has 1 atom stereocenters. The molecule has 0 bridgehead atoms. The first-order valence-corrected chi connectivity index (χ1v) is 8.91. The number of para-hydroxylation sites is 2. The average molecular weight is 347 g/mol. The quantitative estimate of drug-likeness (QED) is 0.571. The van der Waals surface area contributed by atoms with E-state index < -0.39 is 0 Å². The Labute approximate surface area is 155 Å². The van der Waals surface area contributed by atoms with Crippen LogP contribution < -0.4 is 14.8 Å². The lowest BCUT2D eigenvalue weighted by Gasteiger charge is -2.19. The van der Waals surface area contributed by atoms with Gasteiger partial charge in [-0.2, -0.15) is 0 Å². The summed E-state index contributed by atoms with van der Waals surface area (Å²) in [5.74, 6) is 2.64. The van der Waals surface area contributed by atoms with Crippen LogP contribution in [-0.2, 0) is 0 Å². The van der Waals surface area contributed by atoms with E-state index in [1.165, 1.54) is 11.1 Å². The lowest BCUT2D eigenvalue weighted by Crippen LogP contribution is -2.23. The van der Waals surface area contributed by atoms with Crippen LogP contribution in [0.2, 0.25) is 0 Å². The van der Waals surface area contributed by atoms with Gasteiger partial charge in [-0.05, 0) is 68.3 Å². The molecule has 3 aromatic carbocycles. The number of ether oxygens (including phenoxy) is 2. The number of aryl methyl sites for hydroxylation is 2. The Balaban J connectivity index is 1.53.